The molecule has 2 aliphatic rings. The molecule has 0 N–H and O–H groups in total. The second-order valence-corrected chi connectivity index (χ2v) is 17.7. The van der Waals surface area contributed by atoms with E-state index in [4.69, 9.17) is 19.7 Å². The van der Waals surface area contributed by atoms with Crippen molar-refractivity contribution in [2.24, 2.45) is 0 Å². The molecule has 58 heavy (non-hydrogen) atoms. The minimum atomic E-state index is -0.0262. The molecular weight excluding hydrogens is 780 g/mol. The molecule has 0 aliphatic carbocycles. The number of aromatic nitrogens is 3. The van der Waals surface area contributed by atoms with E-state index in [-0.39, 0.29) is 20.4 Å². The predicted octanol–water partition coefficient (Wildman–Crippen LogP) is 11.0. The molecule has 0 spiro atoms. The molecule has 0 amide bonds. The molecule has 0 saturated heterocycles. The zero-order valence-corrected chi connectivity index (χ0v) is 34.2. The van der Waals surface area contributed by atoms with Gasteiger partial charge in [-0.05, 0) is 11.1 Å². The summed E-state index contributed by atoms with van der Waals surface area (Å²) in [7, 11) is 0. The Morgan fingerprint density at radius 2 is 1.22 bits per heavy atom. The Morgan fingerprint density at radius 3 is 1.97 bits per heavy atom. The molecule has 2 aliphatic heterocycles. The molecule has 5 aromatic carbocycles. The van der Waals surface area contributed by atoms with Crippen LogP contribution in [0.15, 0.2) is 176 Å². The number of fused-ring (bicyclic) bond motifs is 3. The van der Waals surface area contributed by atoms with Gasteiger partial charge in [0.1, 0.15) is 0 Å². The Labute approximate surface area is 345 Å². The number of para-hydroxylation sites is 1. The average molecular weight is 820 g/mol. The van der Waals surface area contributed by atoms with Crippen LogP contribution in [0.3, 0.4) is 0 Å². The Hall–Kier alpha value is -6.73. The van der Waals surface area contributed by atoms with Gasteiger partial charge in [0.15, 0.2) is 0 Å². The van der Waals surface area contributed by atoms with Crippen molar-refractivity contribution in [3.8, 4) is 33.8 Å². The molecule has 282 valence electrons. The van der Waals surface area contributed by atoms with E-state index in [2.05, 4.69) is 175 Å². The van der Waals surface area contributed by atoms with Gasteiger partial charge in [0.05, 0.1) is 0 Å². The molecular formula is C50H40N6OSe. The van der Waals surface area contributed by atoms with Crippen molar-refractivity contribution in [1.82, 2.24) is 15.0 Å². The number of hydrogen-bond acceptors (Lipinski definition) is 7. The standard InChI is InChI=1S/C50H40N6OSe/c1-50(2,3)36-26-29-51-46(30-36)56-43-32-39(24-25-44(43)58-45-23-13-28-53-49(45)56)57-38-19-10-18-37(31-38)54-33-55(48-42(54)22-12-27-52-48)47-40(34-14-6-4-7-15-34)20-11-21-41(47)35-16-8-5-9-17-35/h4-32H,33H2,1-3H3. The summed E-state index contributed by atoms with van der Waals surface area (Å²) in [6.45, 7) is 7.26. The fourth-order valence-electron chi connectivity index (χ4n) is 7.80. The molecule has 7 nitrogen and oxygen atoms in total. The number of rotatable bonds is 7. The molecule has 0 radical (unpaired) electrons. The quantitative estimate of drug-likeness (QED) is 0.148. The third kappa shape index (κ3) is 6.56. The average Bonchev–Trinajstić information content (AvgIpc) is 3.65. The van der Waals surface area contributed by atoms with Crippen molar-refractivity contribution in [2.75, 3.05) is 21.4 Å². The van der Waals surface area contributed by atoms with Gasteiger partial charge in [0.25, 0.3) is 0 Å². The van der Waals surface area contributed by atoms with Crippen LogP contribution in [-0.2, 0) is 5.41 Å². The number of benzene rings is 5. The van der Waals surface area contributed by atoms with E-state index >= 15 is 0 Å². The summed E-state index contributed by atoms with van der Waals surface area (Å²) >= 11 is 0.0814. The van der Waals surface area contributed by atoms with Crippen molar-refractivity contribution >= 4 is 64.1 Å². The molecule has 8 aromatic rings. The van der Waals surface area contributed by atoms with Crippen LogP contribution in [0.2, 0.25) is 0 Å². The summed E-state index contributed by atoms with van der Waals surface area (Å²) in [4.78, 5) is 21.6. The third-order valence-electron chi connectivity index (χ3n) is 10.6. The van der Waals surface area contributed by atoms with E-state index in [0.29, 0.717) is 6.67 Å². The zero-order valence-electron chi connectivity index (χ0n) is 32.5. The van der Waals surface area contributed by atoms with Crippen LogP contribution in [0.1, 0.15) is 26.3 Å². The van der Waals surface area contributed by atoms with E-state index in [1.807, 2.05) is 36.8 Å². The predicted molar refractivity (Wildman–Crippen MR) is 238 cm³/mol. The van der Waals surface area contributed by atoms with Crippen LogP contribution in [0.5, 0.6) is 11.5 Å². The van der Waals surface area contributed by atoms with Gasteiger partial charge >= 0.3 is 240 Å². The normalized spacial score (nSPS) is 13.2. The first-order valence-electron chi connectivity index (χ1n) is 19.4. The topological polar surface area (TPSA) is 57.6 Å². The molecule has 0 saturated carbocycles. The molecule has 0 bridgehead atoms. The van der Waals surface area contributed by atoms with Gasteiger partial charge in [-0.2, -0.15) is 0 Å². The van der Waals surface area contributed by atoms with E-state index in [1.54, 1.807) is 0 Å². The van der Waals surface area contributed by atoms with Crippen LogP contribution < -0.4 is 28.4 Å². The summed E-state index contributed by atoms with van der Waals surface area (Å²) in [6, 6.07) is 55.2. The summed E-state index contributed by atoms with van der Waals surface area (Å²) < 4.78 is 9.21. The van der Waals surface area contributed by atoms with Gasteiger partial charge < -0.3 is 0 Å². The fraction of sp³-hybridized carbons (Fsp3) is 0.100. The van der Waals surface area contributed by atoms with Crippen molar-refractivity contribution in [2.45, 2.75) is 26.2 Å². The monoisotopic (exact) mass is 820 g/mol. The number of hydrogen-bond donors (Lipinski definition) is 0. The maximum absolute atomic E-state index is 6.73. The Morgan fingerprint density at radius 1 is 0.534 bits per heavy atom. The molecule has 10 rings (SSSR count). The van der Waals surface area contributed by atoms with Crippen molar-refractivity contribution in [3.05, 3.63) is 182 Å². The van der Waals surface area contributed by atoms with E-state index in [9.17, 15) is 0 Å². The number of ether oxygens (including phenoxy) is 1. The molecule has 8 heteroatoms. The summed E-state index contributed by atoms with van der Waals surface area (Å²) in [5, 5.41) is 0. The Kier molecular flexibility index (Phi) is 9.01. The van der Waals surface area contributed by atoms with Gasteiger partial charge in [-0.15, -0.1) is 0 Å². The first-order chi connectivity index (χ1) is 28.4. The summed E-state index contributed by atoms with van der Waals surface area (Å²) in [5.41, 5.74) is 10.0. The molecule has 0 fully saturated rings. The van der Waals surface area contributed by atoms with Crippen molar-refractivity contribution < 1.29 is 4.74 Å². The zero-order chi connectivity index (χ0) is 39.2. The van der Waals surface area contributed by atoms with E-state index in [1.165, 1.54) is 14.5 Å². The number of anilines is 7. The molecule has 0 atom stereocenters. The van der Waals surface area contributed by atoms with Gasteiger partial charge in [-0.1, -0.05) is 78.9 Å². The SMILES string of the molecule is CC(C)(C)c1ccnc(N2c3cc(Oc4cccc(N5CN(c6c(-c7ccccc7)cccc6-c6ccccc6)c6ncccc65)c4)ccc3[Se]c3cccnc32)c1. The first kappa shape index (κ1) is 35.7. The number of pyridine rings is 3. The van der Waals surface area contributed by atoms with Gasteiger partial charge in [0, 0.05) is 17.3 Å². The second-order valence-electron chi connectivity index (χ2n) is 15.4. The van der Waals surface area contributed by atoms with Gasteiger partial charge in [0.2, 0.25) is 0 Å². The Balaban J connectivity index is 1.01. The fourth-order valence-corrected chi connectivity index (χ4v) is 9.92. The second kappa shape index (κ2) is 14.6. The van der Waals surface area contributed by atoms with Crippen LogP contribution in [0.4, 0.5) is 40.2 Å². The third-order valence-corrected chi connectivity index (χ3v) is 12.9. The van der Waals surface area contributed by atoms with Gasteiger partial charge in [-0.25, -0.2) is 0 Å². The van der Waals surface area contributed by atoms with E-state index in [0.717, 1.165) is 74.0 Å². The molecule has 5 heterocycles. The van der Waals surface area contributed by atoms with E-state index < -0.39 is 0 Å². The van der Waals surface area contributed by atoms with Crippen LogP contribution >= 0.6 is 0 Å². The maximum atomic E-state index is 6.73. The van der Waals surface area contributed by atoms with Crippen molar-refractivity contribution in [3.63, 3.8) is 0 Å². The number of nitrogens with zero attached hydrogens (tertiary/aromatic N) is 6. The first-order valence-corrected chi connectivity index (χ1v) is 21.2. The summed E-state index contributed by atoms with van der Waals surface area (Å²) in [5.74, 6) is 4.16. The Bertz CT molecular complexity index is 2730. The summed E-state index contributed by atoms with van der Waals surface area (Å²) in [6.07, 6.45) is 5.65. The van der Waals surface area contributed by atoms with Crippen LogP contribution in [0.25, 0.3) is 22.3 Å². The minimum absolute atomic E-state index is 0.0262. The molecule has 0 unspecified atom stereocenters. The van der Waals surface area contributed by atoms with Crippen molar-refractivity contribution in [1.29, 1.82) is 0 Å². The van der Waals surface area contributed by atoms with Crippen LogP contribution in [-0.4, -0.2) is 36.6 Å². The molecule has 3 aromatic heterocycles. The van der Waals surface area contributed by atoms with Gasteiger partial charge in [-0.3, -0.25) is 0 Å². The van der Waals surface area contributed by atoms with Crippen LogP contribution in [0, 0.1) is 0 Å².